The van der Waals surface area contributed by atoms with E-state index in [1.165, 1.54) is 19.1 Å². The number of anilines is 2. The quantitative estimate of drug-likeness (QED) is 0.888. The Balaban J connectivity index is 2.00. The highest BCUT2D eigenvalue weighted by Gasteiger charge is 2.32. The molecule has 1 aliphatic heterocycles. The van der Waals surface area contributed by atoms with Crippen LogP contribution in [0.1, 0.15) is 27.2 Å². The molecule has 4 heteroatoms. The highest BCUT2D eigenvalue weighted by Crippen LogP contribution is 2.36. The van der Waals surface area contributed by atoms with Gasteiger partial charge in [-0.3, -0.25) is 4.79 Å². The third-order valence-corrected chi connectivity index (χ3v) is 4.73. The fourth-order valence-corrected chi connectivity index (χ4v) is 3.83. The van der Waals surface area contributed by atoms with Crippen molar-refractivity contribution >= 4 is 29.0 Å². The van der Waals surface area contributed by atoms with Crippen molar-refractivity contribution in [1.82, 2.24) is 0 Å². The predicted octanol–water partition coefficient (Wildman–Crippen LogP) is 3.59. The van der Waals surface area contributed by atoms with Crippen molar-refractivity contribution in [1.29, 1.82) is 0 Å². The molecule has 0 radical (unpaired) electrons. The number of hydrogen-bond acceptors (Lipinski definition) is 3. The van der Waals surface area contributed by atoms with E-state index in [-0.39, 0.29) is 5.91 Å². The van der Waals surface area contributed by atoms with Crippen molar-refractivity contribution in [2.75, 3.05) is 22.1 Å². The first-order chi connectivity index (χ1) is 8.97. The van der Waals surface area contributed by atoms with E-state index in [0.29, 0.717) is 11.5 Å². The lowest BCUT2D eigenvalue weighted by atomic mass is 9.82. The Morgan fingerprint density at radius 3 is 2.47 bits per heavy atom. The van der Waals surface area contributed by atoms with Crippen molar-refractivity contribution in [3.05, 3.63) is 24.3 Å². The largest absolute Gasteiger partial charge is 0.381 e. The molecule has 1 aromatic carbocycles. The molecule has 1 unspecified atom stereocenters. The van der Waals surface area contributed by atoms with Crippen LogP contribution in [0.25, 0.3) is 0 Å². The van der Waals surface area contributed by atoms with Crippen LogP contribution in [0.15, 0.2) is 24.3 Å². The number of hydrogen-bond donors (Lipinski definition) is 2. The molecule has 104 valence electrons. The maximum absolute atomic E-state index is 11.0. The molecule has 1 aliphatic rings. The fraction of sp³-hybridized carbons (Fsp3) is 0.533. The topological polar surface area (TPSA) is 41.1 Å². The molecule has 1 atom stereocenters. The van der Waals surface area contributed by atoms with Gasteiger partial charge in [0.05, 0.1) is 0 Å². The zero-order valence-corrected chi connectivity index (χ0v) is 12.6. The van der Waals surface area contributed by atoms with Crippen LogP contribution in [0, 0.1) is 5.41 Å². The Bertz CT molecular complexity index is 442. The van der Waals surface area contributed by atoms with E-state index in [0.717, 1.165) is 17.1 Å². The van der Waals surface area contributed by atoms with Crippen LogP contribution in [0.4, 0.5) is 11.4 Å². The van der Waals surface area contributed by atoms with Gasteiger partial charge in [0, 0.05) is 30.1 Å². The molecular formula is C15H22N2OS. The predicted molar refractivity (Wildman–Crippen MR) is 83.9 cm³/mol. The molecule has 1 amide bonds. The van der Waals surface area contributed by atoms with Gasteiger partial charge in [-0.1, -0.05) is 13.8 Å². The zero-order valence-electron chi connectivity index (χ0n) is 11.8. The third kappa shape index (κ3) is 3.90. The monoisotopic (exact) mass is 278 g/mol. The fourth-order valence-electron chi connectivity index (χ4n) is 2.23. The summed E-state index contributed by atoms with van der Waals surface area (Å²) in [5.41, 5.74) is 2.30. The highest BCUT2D eigenvalue weighted by molar-refractivity contribution is 7.99. The van der Waals surface area contributed by atoms with E-state index in [1.807, 2.05) is 36.0 Å². The molecular weight excluding hydrogens is 256 g/mol. The second kappa shape index (κ2) is 5.87. The lowest BCUT2D eigenvalue weighted by molar-refractivity contribution is -0.114. The van der Waals surface area contributed by atoms with Crippen LogP contribution in [-0.4, -0.2) is 23.5 Å². The first-order valence-corrected chi connectivity index (χ1v) is 7.85. The average Bonchev–Trinajstić information content (AvgIpc) is 2.33. The molecule has 2 rings (SSSR count). The van der Waals surface area contributed by atoms with Gasteiger partial charge in [-0.05, 0) is 41.9 Å². The molecule has 0 bridgehead atoms. The molecule has 1 aromatic rings. The zero-order chi connectivity index (χ0) is 13.9. The van der Waals surface area contributed by atoms with E-state index in [1.54, 1.807) is 0 Å². The van der Waals surface area contributed by atoms with Crippen molar-refractivity contribution in [3.8, 4) is 0 Å². The number of carbonyl (C=O) groups is 1. The Morgan fingerprint density at radius 1 is 1.26 bits per heavy atom. The first kappa shape index (κ1) is 14.3. The molecule has 2 N–H and O–H groups in total. The van der Waals surface area contributed by atoms with E-state index < -0.39 is 0 Å². The van der Waals surface area contributed by atoms with Gasteiger partial charge >= 0.3 is 0 Å². The molecule has 0 spiro atoms. The summed E-state index contributed by atoms with van der Waals surface area (Å²) in [4.78, 5) is 11.0. The van der Waals surface area contributed by atoms with Gasteiger partial charge < -0.3 is 10.6 Å². The van der Waals surface area contributed by atoms with Gasteiger partial charge in [-0.15, -0.1) is 0 Å². The Hall–Kier alpha value is -1.16. The van der Waals surface area contributed by atoms with Crippen molar-refractivity contribution in [3.63, 3.8) is 0 Å². The summed E-state index contributed by atoms with van der Waals surface area (Å²) < 4.78 is 0. The summed E-state index contributed by atoms with van der Waals surface area (Å²) in [6.45, 7) is 6.18. The minimum absolute atomic E-state index is 0.0366. The molecule has 0 aliphatic carbocycles. The number of nitrogens with one attached hydrogen (secondary N) is 2. The minimum atomic E-state index is -0.0366. The number of benzene rings is 1. The smallest absolute Gasteiger partial charge is 0.221 e. The summed E-state index contributed by atoms with van der Waals surface area (Å²) in [6, 6.07) is 8.43. The maximum atomic E-state index is 11.0. The van der Waals surface area contributed by atoms with Crippen LogP contribution >= 0.6 is 11.8 Å². The summed E-state index contributed by atoms with van der Waals surface area (Å²) in [6.07, 6.45) is 1.25. The van der Waals surface area contributed by atoms with E-state index >= 15 is 0 Å². The van der Waals surface area contributed by atoms with Gasteiger partial charge in [0.1, 0.15) is 0 Å². The van der Waals surface area contributed by atoms with E-state index in [4.69, 9.17) is 0 Å². The van der Waals surface area contributed by atoms with Crippen molar-refractivity contribution in [2.24, 2.45) is 5.41 Å². The van der Waals surface area contributed by atoms with Crippen LogP contribution in [-0.2, 0) is 4.79 Å². The second-order valence-electron chi connectivity index (χ2n) is 5.77. The van der Waals surface area contributed by atoms with Gasteiger partial charge in [0.15, 0.2) is 0 Å². The van der Waals surface area contributed by atoms with Crippen LogP contribution in [0.2, 0.25) is 0 Å². The third-order valence-electron chi connectivity index (χ3n) is 3.66. The Labute approximate surface area is 119 Å². The van der Waals surface area contributed by atoms with Crippen LogP contribution in [0.5, 0.6) is 0 Å². The number of thioether (sulfide) groups is 1. The van der Waals surface area contributed by atoms with Crippen LogP contribution in [0.3, 0.4) is 0 Å². The summed E-state index contributed by atoms with van der Waals surface area (Å²) in [7, 11) is 0. The Kier molecular flexibility index (Phi) is 4.40. The van der Waals surface area contributed by atoms with Crippen molar-refractivity contribution in [2.45, 2.75) is 33.2 Å². The number of carbonyl (C=O) groups excluding carboxylic acids is 1. The second-order valence-corrected chi connectivity index (χ2v) is 6.92. The van der Waals surface area contributed by atoms with Crippen molar-refractivity contribution < 1.29 is 4.79 Å². The number of rotatable bonds is 3. The minimum Gasteiger partial charge on any atom is -0.381 e. The lowest BCUT2D eigenvalue weighted by Crippen LogP contribution is -2.41. The maximum Gasteiger partial charge on any atom is 0.221 e. The molecule has 0 aromatic heterocycles. The summed E-state index contributed by atoms with van der Waals surface area (Å²) >= 11 is 2.02. The molecule has 1 heterocycles. The average molecular weight is 278 g/mol. The molecule has 1 fully saturated rings. The number of amides is 1. The summed E-state index contributed by atoms with van der Waals surface area (Å²) in [5, 5.41) is 6.40. The molecule has 19 heavy (non-hydrogen) atoms. The molecule has 3 nitrogen and oxygen atoms in total. The first-order valence-electron chi connectivity index (χ1n) is 6.69. The normalized spacial score (nSPS) is 21.7. The lowest BCUT2D eigenvalue weighted by Gasteiger charge is -2.39. The van der Waals surface area contributed by atoms with Gasteiger partial charge in [0.2, 0.25) is 5.91 Å². The van der Waals surface area contributed by atoms with Gasteiger partial charge in [-0.25, -0.2) is 0 Å². The van der Waals surface area contributed by atoms with Gasteiger partial charge in [-0.2, -0.15) is 11.8 Å². The standard InChI is InChI=1S/C15H22N2OS/c1-11(18)16-12-4-6-13(7-5-12)17-14-10-19-9-8-15(14,2)3/h4-7,14,17H,8-10H2,1-3H3,(H,16,18). The summed E-state index contributed by atoms with van der Waals surface area (Å²) in [5.74, 6) is 2.37. The van der Waals surface area contributed by atoms with Gasteiger partial charge in [0.25, 0.3) is 0 Å². The SMILES string of the molecule is CC(=O)Nc1ccc(NC2CSCCC2(C)C)cc1. The van der Waals surface area contributed by atoms with E-state index in [2.05, 4.69) is 24.5 Å². The Morgan fingerprint density at radius 2 is 1.89 bits per heavy atom. The van der Waals surface area contributed by atoms with Crippen LogP contribution < -0.4 is 10.6 Å². The molecule has 0 saturated carbocycles. The van der Waals surface area contributed by atoms with E-state index in [9.17, 15) is 4.79 Å². The highest BCUT2D eigenvalue weighted by atomic mass is 32.2. The molecule has 1 saturated heterocycles.